The minimum absolute atomic E-state index is 0.744. The third-order valence-corrected chi connectivity index (χ3v) is 2.01. The summed E-state index contributed by atoms with van der Waals surface area (Å²) >= 11 is 0. The van der Waals surface area contributed by atoms with E-state index < -0.39 is 0 Å². The fraction of sp³-hybridized carbons (Fsp3) is 0.400. The van der Waals surface area contributed by atoms with Gasteiger partial charge in [0.25, 0.3) is 0 Å². The van der Waals surface area contributed by atoms with Crippen LogP contribution in [0.4, 0.5) is 5.69 Å². The van der Waals surface area contributed by atoms with E-state index in [1.54, 1.807) is 0 Å². The second kappa shape index (κ2) is 4.12. The number of anilines is 1. The molecule has 0 saturated carbocycles. The van der Waals surface area contributed by atoms with Crippen LogP contribution < -0.4 is 11.5 Å². The summed E-state index contributed by atoms with van der Waals surface area (Å²) in [5.74, 6) is 0. The Kier molecular flexibility index (Phi) is 3.11. The van der Waals surface area contributed by atoms with Crippen LogP contribution in [0.15, 0.2) is 18.2 Å². The number of hydrogen-bond donors (Lipinski definition) is 2. The molecule has 0 aliphatic carbocycles. The highest BCUT2D eigenvalue weighted by atomic mass is 14.6. The van der Waals surface area contributed by atoms with Crippen molar-refractivity contribution in [3.63, 3.8) is 0 Å². The van der Waals surface area contributed by atoms with Crippen LogP contribution in [0.25, 0.3) is 0 Å². The molecular formula is C10H16N2. The highest BCUT2D eigenvalue weighted by Gasteiger charge is 1.95. The summed E-state index contributed by atoms with van der Waals surface area (Å²) in [7, 11) is 0. The molecule has 0 aromatic heterocycles. The van der Waals surface area contributed by atoms with Crippen molar-refractivity contribution in [2.45, 2.75) is 19.8 Å². The molecule has 0 aliphatic heterocycles. The smallest absolute Gasteiger partial charge is 0.0346 e. The summed E-state index contributed by atoms with van der Waals surface area (Å²) in [4.78, 5) is 0. The number of aryl methyl sites for hydroxylation is 2. The Morgan fingerprint density at radius 1 is 1.33 bits per heavy atom. The molecule has 0 bridgehead atoms. The van der Waals surface area contributed by atoms with Gasteiger partial charge in [-0.05, 0) is 43.5 Å². The first-order valence-corrected chi connectivity index (χ1v) is 4.29. The van der Waals surface area contributed by atoms with E-state index in [4.69, 9.17) is 11.5 Å². The summed E-state index contributed by atoms with van der Waals surface area (Å²) < 4.78 is 0. The third kappa shape index (κ3) is 2.24. The first kappa shape index (κ1) is 9.07. The maximum absolute atomic E-state index is 5.76. The topological polar surface area (TPSA) is 52.0 Å². The van der Waals surface area contributed by atoms with Crippen LogP contribution in [0.1, 0.15) is 17.5 Å². The van der Waals surface area contributed by atoms with Crippen molar-refractivity contribution in [1.29, 1.82) is 0 Å². The lowest BCUT2D eigenvalue weighted by atomic mass is 10.1. The van der Waals surface area contributed by atoms with E-state index in [1.165, 1.54) is 5.56 Å². The zero-order valence-corrected chi connectivity index (χ0v) is 7.51. The average Bonchev–Trinajstić information content (AvgIpc) is 2.07. The minimum Gasteiger partial charge on any atom is -0.399 e. The Bertz CT molecular complexity index is 256. The lowest BCUT2D eigenvalue weighted by molar-refractivity contribution is 0.832. The molecule has 1 aromatic carbocycles. The molecule has 0 atom stereocenters. The zero-order valence-electron chi connectivity index (χ0n) is 7.51. The minimum atomic E-state index is 0.744. The van der Waals surface area contributed by atoms with Crippen molar-refractivity contribution in [2.24, 2.45) is 5.73 Å². The number of nitrogens with two attached hydrogens (primary N) is 2. The average molecular weight is 164 g/mol. The molecule has 0 unspecified atom stereocenters. The normalized spacial score (nSPS) is 10.2. The van der Waals surface area contributed by atoms with Gasteiger partial charge in [-0.25, -0.2) is 0 Å². The second-order valence-electron chi connectivity index (χ2n) is 3.08. The highest BCUT2D eigenvalue weighted by molar-refractivity contribution is 5.48. The first-order chi connectivity index (χ1) is 5.74. The van der Waals surface area contributed by atoms with E-state index in [0.717, 1.165) is 30.6 Å². The van der Waals surface area contributed by atoms with Crippen LogP contribution in [0.5, 0.6) is 0 Å². The van der Waals surface area contributed by atoms with E-state index in [2.05, 4.69) is 12.1 Å². The number of hydrogen-bond acceptors (Lipinski definition) is 2. The fourth-order valence-electron chi connectivity index (χ4n) is 1.15. The predicted molar refractivity (Wildman–Crippen MR) is 53.0 cm³/mol. The van der Waals surface area contributed by atoms with E-state index in [-0.39, 0.29) is 0 Å². The Balaban J connectivity index is 2.69. The standard InChI is InChI=1S/C10H16N2/c1-8-4-5-9(3-2-6-11)7-10(8)12/h4-5,7H,2-3,6,11-12H2,1H3. The van der Waals surface area contributed by atoms with Crippen LogP contribution in [0.2, 0.25) is 0 Å². The lowest BCUT2D eigenvalue weighted by Gasteiger charge is -2.03. The van der Waals surface area contributed by atoms with Crippen molar-refractivity contribution in [2.75, 3.05) is 12.3 Å². The maximum atomic E-state index is 5.76. The SMILES string of the molecule is Cc1ccc(CCCN)cc1N. The molecule has 0 saturated heterocycles. The Morgan fingerprint density at radius 2 is 2.08 bits per heavy atom. The summed E-state index contributed by atoms with van der Waals surface area (Å²) in [6.45, 7) is 2.76. The van der Waals surface area contributed by atoms with Crippen molar-refractivity contribution in [3.05, 3.63) is 29.3 Å². The molecule has 4 N–H and O–H groups in total. The van der Waals surface area contributed by atoms with Gasteiger partial charge in [-0.2, -0.15) is 0 Å². The van der Waals surface area contributed by atoms with Crippen LogP contribution >= 0.6 is 0 Å². The molecule has 0 spiro atoms. The summed E-state index contributed by atoms with van der Waals surface area (Å²) in [6, 6.07) is 6.20. The molecule has 0 amide bonds. The quantitative estimate of drug-likeness (QED) is 0.665. The Labute approximate surface area is 73.6 Å². The molecule has 2 heteroatoms. The van der Waals surface area contributed by atoms with Gasteiger partial charge in [-0.15, -0.1) is 0 Å². The van der Waals surface area contributed by atoms with E-state index in [0.29, 0.717) is 0 Å². The molecular weight excluding hydrogens is 148 g/mol. The molecule has 0 aliphatic rings. The molecule has 66 valence electrons. The van der Waals surface area contributed by atoms with Gasteiger partial charge < -0.3 is 11.5 Å². The number of benzene rings is 1. The summed E-state index contributed by atoms with van der Waals surface area (Å²) in [5, 5.41) is 0. The van der Waals surface area contributed by atoms with Crippen molar-refractivity contribution in [1.82, 2.24) is 0 Å². The van der Waals surface area contributed by atoms with Gasteiger partial charge in [-0.3, -0.25) is 0 Å². The van der Waals surface area contributed by atoms with Crippen molar-refractivity contribution in [3.8, 4) is 0 Å². The van der Waals surface area contributed by atoms with E-state index in [9.17, 15) is 0 Å². The van der Waals surface area contributed by atoms with E-state index in [1.807, 2.05) is 13.0 Å². The molecule has 1 aromatic rings. The van der Waals surface area contributed by atoms with E-state index >= 15 is 0 Å². The molecule has 0 fully saturated rings. The maximum Gasteiger partial charge on any atom is 0.0346 e. The summed E-state index contributed by atoms with van der Waals surface area (Å²) in [6.07, 6.45) is 2.06. The molecule has 0 heterocycles. The van der Waals surface area contributed by atoms with Gasteiger partial charge in [-0.1, -0.05) is 12.1 Å². The van der Waals surface area contributed by atoms with Gasteiger partial charge in [0.05, 0.1) is 0 Å². The highest BCUT2D eigenvalue weighted by Crippen LogP contribution is 2.13. The Morgan fingerprint density at radius 3 is 2.67 bits per heavy atom. The fourth-order valence-corrected chi connectivity index (χ4v) is 1.15. The molecule has 1 rings (SSSR count). The third-order valence-electron chi connectivity index (χ3n) is 2.01. The van der Waals surface area contributed by atoms with Crippen LogP contribution in [-0.2, 0) is 6.42 Å². The lowest BCUT2D eigenvalue weighted by Crippen LogP contribution is -2.01. The van der Waals surface area contributed by atoms with Gasteiger partial charge in [0.15, 0.2) is 0 Å². The second-order valence-corrected chi connectivity index (χ2v) is 3.08. The van der Waals surface area contributed by atoms with Crippen LogP contribution in [0.3, 0.4) is 0 Å². The van der Waals surface area contributed by atoms with Crippen molar-refractivity contribution < 1.29 is 0 Å². The summed E-state index contributed by atoms with van der Waals surface area (Å²) in [5.41, 5.74) is 14.5. The first-order valence-electron chi connectivity index (χ1n) is 4.29. The van der Waals surface area contributed by atoms with Gasteiger partial charge in [0.2, 0.25) is 0 Å². The van der Waals surface area contributed by atoms with Crippen LogP contribution in [-0.4, -0.2) is 6.54 Å². The number of rotatable bonds is 3. The monoisotopic (exact) mass is 164 g/mol. The molecule has 2 nitrogen and oxygen atoms in total. The molecule has 12 heavy (non-hydrogen) atoms. The number of nitrogen functional groups attached to an aromatic ring is 1. The molecule has 0 radical (unpaired) electrons. The zero-order chi connectivity index (χ0) is 8.97. The van der Waals surface area contributed by atoms with Crippen LogP contribution in [0, 0.1) is 6.92 Å². The van der Waals surface area contributed by atoms with Gasteiger partial charge in [0, 0.05) is 5.69 Å². The van der Waals surface area contributed by atoms with Gasteiger partial charge >= 0.3 is 0 Å². The van der Waals surface area contributed by atoms with Crippen molar-refractivity contribution >= 4 is 5.69 Å². The Hall–Kier alpha value is -1.02. The predicted octanol–water partition coefficient (Wildman–Crippen LogP) is 1.47. The van der Waals surface area contributed by atoms with Gasteiger partial charge in [0.1, 0.15) is 0 Å². The largest absolute Gasteiger partial charge is 0.399 e.